The number of nitrogens with zero attached hydrogens (tertiary/aromatic N) is 1. The smallest absolute Gasteiger partial charge is 0.251 e. The Morgan fingerprint density at radius 3 is 2.73 bits per heavy atom. The lowest BCUT2D eigenvalue weighted by atomic mass is 10.1. The first-order valence-electron chi connectivity index (χ1n) is 4.69. The Bertz CT molecular complexity index is 402. The number of rotatable bonds is 3. The topological polar surface area (TPSA) is 65.4 Å². The van der Waals surface area contributed by atoms with Gasteiger partial charge < -0.3 is 10.1 Å². The van der Waals surface area contributed by atoms with Gasteiger partial charge in [0.2, 0.25) is 0 Å². The van der Waals surface area contributed by atoms with E-state index in [2.05, 4.69) is 5.32 Å². The summed E-state index contributed by atoms with van der Waals surface area (Å²) in [6, 6.07) is 8.54. The molecule has 15 heavy (non-hydrogen) atoms. The van der Waals surface area contributed by atoms with E-state index >= 15 is 0 Å². The Hall–Kier alpha value is -1.86. The number of nitriles is 1. The zero-order valence-corrected chi connectivity index (χ0v) is 8.06. The van der Waals surface area contributed by atoms with E-state index in [0.717, 1.165) is 6.61 Å². The Balaban J connectivity index is 1.95. The molecule has 1 aromatic rings. The normalized spacial score (nSPS) is 17.9. The zero-order valence-electron chi connectivity index (χ0n) is 8.06. The van der Waals surface area contributed by atoms with Crippen molar-refractivity contribution < 1.29 is 9.53 Å². The molecule has 1 aromatic carbocycles. The summed E-state index contributed by atoms with van der Waals surface area (Å²) in [6.45, 7) is 1.28. The van der Waals surface area contributed by atoms with Crippen molar-refractivity contribution in [3.05, 3.63) is 35.4 Å². The summed E-state index contributed by atoms with van der Waals surface area (Å²) in [6.07, 6.45) is 0.187. The van der Waals surface area contributed by atoms with Gasteiger partial charge >= 0.3 is 0 Å². The van der Waals surface area contributed by atoms with Crippen LogP contribution < -0.4 is 5.32 Å². The molecule has 1 aliphatic rings. The fraction of sp³-hybridized carbons (Fsp3) is 0.273. The van der Waals surface area contributed by atoms with E-state index in [9.17, 15) is 4.79 Å². The molecular weight excluding hydrogens is 192 g/mol. The number of carbonyl (C=O) groups is 1. The fourth-order valence-electron chi connectivity index (χ4n) is 1.19. The summed E-state index contributed by atoms with van der Waals surface area (Å²) in [5.74, 6) is -0.130. The third kappa shape index (κ3) is 2.55. The van der Waals surface area contributed by atoms with Gasteiger partial charge in [0, 0.05) is 12.1 Å². The van der Waals surface area contributed by atoms with E-state index in [0.29, 0.717) is 17.7 Å². The molecule has 1 aliphatic heterocycles. The van der Waals surface area contributed by atoms with Crippen LogP contribution in [0.25, 0.3) is 0 Å². The predicted octanol–water partition coefficient (Wildman–Crippen LogP) is 0.687. The molecule has 0 radical (unpaired) electrons. The number of hydrogen-bond acceptors (Lipinski definition) is 3. The van der Waals surface area contributed by atoms with Gasteiger partial charge in [-0.3, -0.25) is 4.79 Å². The minimum absolute atomic E-state index is 0.130. The Kier molecular flexibility index (Phi) is 2.66. The van der Waals surface area contributed by atoms with Crippen molar-refractivity contribution in [2.75, 3.05) is 13.2 Å². The van der Waals surface area contributed by atoms with Crippen molar-refractivity contribution in [2.45, 2.75) is 6.10 Å². The maximum Gasteiger partial charge on any atom is 0.251 e. The van der Waals surface area contributed by atoms with Gasteiger partial charge in [0.15, 0.2) is 0 Å². The zero-order chi connectivity index (χ0) is 10.7. The van der Waals surface area contributed by atoms with Crippen LogP contribution in [0.2, 0.25) is 0 Å². The molecule has 4 nitrogen and oxygen atoms in total. The maximum absolute atomic E-state index is 11.5. The summed E-state index contributed by atoms with van der Waals surface area (Å²) in [5.41, 5.74) is 1.12. The second-order valence-corrected chi connectivity index (χ2v) is 3.35. The molecule has 0 aromatic heterocycles. The lowest BCUT2D eigenvalue weighted by Crippen LogP contribution is -2.27. The third-order valence-electron chi connectivity index (χ3n) is 2.17. The van der Waals surface area contributed by atoms with Crippen LogP contribution in [0.15, 0.2) is 24.3 Å². The summed E-state index contributed by atoms with van der Waals surface area (Å²) >= 11 is 0. The number of hydrogen-bond donors (Lipinski definition) is 1. The van der Waals surface area contributed by atoms with E-state index < -0.39 is 0 Å². The highest BCUT2D eigenvalue weighted by Gasteiger charge is 2.22. The van der Waals surface area contributed by atoms with Gasteiger partial charge in [-0.2, -0.15) is 5.26 Å². The number of amides is 1. The molecule has 1 N–H and O–H groups in total. The summed E-state index contributed by atoms with van der Waals surface area (Å²) in [5, 5.41) is 11.3. The van der Waals surface area contributed by atoms with Gasteiger partial charge in [-0.05, 0) is 24.3 Å². The molecule has 1 amide bonds. The molecule has 4 heteroatoms. The van der Waals surface area contributed by atoms with Crippen LogP contribution in [-0.2, 0) is 4.74 Å². The summed E-state index contributed by atoms with van der Waals surface area (Å²) < 4.78 is 4.97. The van der Waals surface area contributed by atoms with Gasteiger partial charge in [0.05, 0.1) is 24.3 Å². The third-order valence-corrected chi connectivity index (χ3v) is 2.17. The van der Waals surface area contributed by atoms with Crippen molar-refractivity contribution in [3.8, 4) is 6.07 Å². The molecule has 0 saturated carbocycles. The Morgan fingerprint density at radius 2 is 2.20 bits per heavy atom. The highest BCUT2D eigenvalue weighted by molar-refractivity contribution is 5.94. The molecule has 1 heterocycles. The van der Waals surface area contributed by atoms with E-state index in [1.54, 1.807) is 24.3 Å². The Morgan fingerprint density at radius 1 is 1.53 bits per heavy atom. The lowest BCUT2D eigenvalue weighted by molar-refractivity contribution is 0.0950. The maximum atomic E-state index is 11.5. The predicted molar refractivity (Wildman–Crippen MR) is 53.2 cm³/mol. The molecule has 76 valence electrons. The average Bonchev–Trinajstić information content (AvgIpc) is 3.10. The van der Waals surface area contributed by atoms with E-state index in [4.69, 9.17) is 10.00 Å². The van der Waals surface area contributed by atoms with Crippen molar-refractivity contribution in [1.29, 1.82) is 5.26 Å². The molecule has 1 saturated heterocycles. The number of carbonyl (C=O) groups excluding carboxylic acids is 1. The molecule has 0 bridgehead atoms. The molecule has 1 fully saturated rings. The van der Waals surface area contributed by atoms with Crippen molar-refractivity contribution in [3.63, 3.8) is 0 Å². The van der Waals surface area contributed by atoms with Crippen LogP contribution in [0.1, 0.15) is 15.9 Å². The fourth-order valence-corrected chi connectivity index (χ4v) is 1.19. The Labute approximate surface area is 87.5 Å². The minimum Gasteiger partial charge on any atom is -0.371 e. The monoisotopic (exact) mass is 202 g/mol. The first kappa shape index (κ1) is 9.69. The second kappa shape index (κ2) is 4.11. The van der Waals surface area contributed by atoms with Crippen molar-refractivity contribution >= 4 is 5.91 Å². The molecule has 0 unspecified atom stereocenters. The first-order chi connectivity index (χ1) is 7.29. The molecule has 0 spiro atoms. The van der Waals surface area contributed by atoms with E-state index in [-0.39, 0.29) is 12.0 Å². The van der Waals surface area contributed by atoms with Gasteiger partial charge in [0.25, 0.3) is 5.91 Å². The van der Waals surface area contributed by atoms with Gasteiger partial charge in [-0.1, -0.05) is 0 Å². The largest absolute Gasteiger partial charge is 0.371 e. The van der Waals surface area contributed by atoms with Crippen LogP contribution in [-0.4, -0.2) is 25.2 Å². The highest BCUT2D eigenvalue weighted by Crippen LogP contribution is 2.07. The number of nitrogens with one attached hydrogen (secondary N) is 1. The standard InChI is InChI=1S/C11H10N2O2/c12-5-8-1-3-9(4-2-8)11(14)13-6-10-7-15-10/h1-4,10H,6-7H2,(H,13,14)/t10-/m0/s1. The highest BCUT2D eigenvalue weighted by atomic mass is 16.6. The van der Waals surface area contributed by atoms with E-state index in [1.807, 2.05) is 6.07 Å². The van der Waals surface area contributed by atoms with E-state index in [1.165, 1.54) is 0 Å². The number of benzene rings is 1. The summed E-state index contributed by atoms with van der Waals surface area (Å²) in [4.78, 5) is 11.5. The second-order valence-electron chi connectivity index (χ2n) is 3.35. The molecule has 0 aliphatic carbocycles. The minimum atomic E-state index is -0.130. The van der Waals surface area contributed by atoms with Crippen LogP contribution in [0.3, 0.4) is 0 Å². The molecule has 2 rings (SSSR count). The SMILES string of the molecule is N#Cc1ccc(C(=O)NC[C@H]2CO2)cc1. The summed E-state index contributed by atoms with van der Waals surface area (Å²) in [7, 11) is 0. The number of ether oxygens (including phenoxy) is 1. The van der Waals surface area contributed by atoms with Crippen LogP contribution in [0.5, 0.6) is 0 Å². The van der Waals surface area contributed by atoms with Crippen LogP contribution in [0, 0.1) is 11.3 Å². The lowest BCUT2D eigenvalue weighted by Gasteiger charge is -2.02. The molecule has 1 atom stereocenters. The average molecular weight is 202 g/mol. The van der Waals surface area contributed by atoms with Gasteiger partial charge in [-0.15, -0.1) is 0 Å². The number of epoxide rings is 1. The quantitative estimate of drug-likeness (QED) is 0.733. The van der Waals surface area contributed by atoms with Crippen LogP contribution >= 0.6 is 0 Å². The van der Waals surface area contributed by atoms with Gasteiger partial charge in [0.1, 0.15) is 0 Å². The molecular formula is C11H10N2O2. The van der Waals surface area contributed by atoms with Gasteiger partial charge in [-0.25, -0.2) is 0 Å². The van der Waals surface area contributed by atoms with Crippen molar-refractivity contribution in [1.82, 2.24) is 5.32 Å². The van der Waals surface area contributed by atoms with Crippen molar-refractivity contribution in [2.24, 2.45) is 0 Å². The van der Waals surface area contributed by atoms with Crippen LogP contribution in [0.4, 0.5) is 0 Å². The first-order valence-corrected chi connectivity index (χ1v) is 4.69.